The molecule has 7 nitrogen and oxygen atoms in total. The molecule has 0 atom stereocenters. The highest BCUT2D eigenvalue weighted by Crippen LogP contribution is 2.04. The van der Waals surface area contributed by atoms with Crippen molar-refractivity contribution < 1.29 is 4.79 Å². The van der Waals surface area contributed by atoms with Gasteiger partial charge in [-0.05, 0) is 23.8 Å². The van der Waals surface area contributed by atoms with Crippen LogP contribution in [0.4, 0.5) is 0 Å². The second-order valence-electron chi connectivity index (χ2n) is 4.79. The Labute approximate surface area is 152 Å². The van der Waals surface area contributed by atoms with Gasteiger partial charge in [0.2, 0.25) is 5.91 Å². The van der Waals surface area contributed by atoms with E-state index in [1.165, 1.54) is 0 Å². The molecule has 8 heteroatoms. The number of nitrogens with zero attached hydrogens (tertiary/aromatic N) is 3. The molecule has 0 unspecified atom stereocenters. The summed E-state index contributed by atoms with van der Waals surface area (Å²) in [7, 11) is 3.60. The van der Waals surface area contributed by atoms with E-state index in [1.807, 2.05) is 25.2 Å². The molecular formula is C15H21IN6O. The minimum atomic E-state index is -0.430. The number of nitrogens with two attached hydrogens (primary N) is 1. The van der Waals surface area contributed by atoms with E-state index in [9.17, 15) is 4.79 Å². The molecule has 0 radical (unpaired) electrons. The van der Waals surface area contributed by atoms with Gasteiger partial charge in [-0.15, -0.1) is 24.0 Å². The number of carbonyl (C=O) groups excluding carboxylic acids is 1. The van der Waals surface area contributed by atoms with Gasteiger partial charge in [0.1, 0.15) is 0 Å². The quantitative estimate of drug-likeness (QED) is 0.376. The predicted molar refractivity (Wildman–Crippen MR) is 101 cm³/mol. The van der Waals surface area contributed by atoms with Crippen LogP contribution in [0.15, 0.2) is 41.5 Å². The van der Waals surface area contributed by atoms with Crippen LogP contribution in [0.2, 0.25) is 0 Å². The van der Waals surface area contributed by atoms with Crippen LogP contribution >= 0.6 is 24.0 Å². The monoisotopic (exact) mass is 428 g/mol. The highest BCUT2D eigenvalue weighted by atomic mass is 127. The summed E-state index contributed by atoms with van der Waals surface area (Å²) in [6.07, 6.45) is 1.75. The fraction of sp³-hybridized carbons (Fsp3) is 0.267. The van der Waals surface area contributed by atoms with Gasteiger partial charge in [-0.2, -0.15) is 5.10 Å². The van der Waals surface area contributed by atoms with Crippen molar-refractivity contribution in [1.29, 1.82) is 0 Å². The molecule has 1 aromatic heterocycles. The first-order valence-electron chi connectivity index (χ1n) is 6.90. The van der Waals surface area contributed by atoms with Crippen LogP contribution in [0.25, 0.3) is 0 Å². The van der Waals surface area contributed by atoms with Crippen LogP contribution in [0.5, 0.6) is 0 Å². The molecule has 0 saturated carbocycles. The van der Waals surface area contributed by atoms with E-state index in [2.05, 4.69) is 20.7 Å². The normalized spacial score (nSPS) is 10.8. The van der Waals surface area contributed by atoms with E-state index in [0.29, 0.717) is 24.6 Å². The van der Waals surface area contributed by atoms with Crippen molar-refractivity contribution in [3.63, 3.8) is 0 Å². The lowest BCUT2D eigenvalue weighted by Crippen LogP contribution is -2.36. The molecule has 1 amide bonds. The average molecular weight is 428 g/mol. The third kappa shape index (κ3) is 5.55. The molecule has 0 fully saturated rings. The first-order valence-corrected chi connectivity index (χ1v) is 6.90. The number of rotatable bonds is 5. The van der Waals surface area contributed by atoms with Crippen molar-refractivity contribution in [1.82, 2.24) is 20.4 Å². The number of hydrogen-bond acceptors (Lipinski definition) is 3. The van der Waals surface area contributed by atoms with Gasteiger partial charge >= 0.3 is 0 Å². The molecule has 0 aliphatic rings. The first kappa shape index (κ1) is 18.9. The molecule has 0 bridgehead atoms. The number of nitrogens with one attached hydrogen (secondary N) is 2. The number of aliphatic imine (C=N–C) groups is 1. The molecule has 2 aromatic rings. The van der Waals surface area contributed by atoms with Gasteiger partial charge in [0.25, 0.3) is 0 Å². The van der Waals surface area contributed by atoms with E-state index in [1.54, 1.807) is 30.1 Å². The lowest BCUT2D eigenvalue weighted by molar-refractivity contribution is 0.1000. The van der Waals surface area contributed by atoms with Gasteiger partial charge in [-0.1, -0.05) is 12.1 Å². The number of aryl methyl sites for hydroxylation is 1. The van der Waals surface area contributed by atoms with Crippen LogP contribution in [0.3, 0.4) is 0 Å². The maximum absolute atomic E-state index is 11.2. The fourth-order valence-corrected chi connectivity index (χ4v) is 1.99. The van der Waals surface area contributed by atoms with Crippen LogP contribution in [0.1, 0.15) is 21.6 Å². The van der Waals surface area contributed by atoms with Crippen molar-refractivity contribution in [2.24, 2.45) is 17.8 Å². The molecule has 0 aliphatic carbocycles. The van der Waals surface area contributed by atoms with Gasteiger partial charge in [0.15, 0.2) is 5.96 Å². The highest BCUT2D eigenvalue weighted by molar-refractivity contribution is 14.0. The number of hydrogen-bond donors (Lipinski definition) is 3. The zero-order valence-electron chi connectivity index (χ0n) is 13.1. The third-order valence-corrected chi connectivity index (χ3v) is 3.25. The zero-order chi connectivity index (χ0) is 15.9. The number of aromatic nitrogens is 2. The molecule has 1 aromatic carbocycles. The third-order valence-electron chi connectivity index (χ3n) is 3.25. The summed E-state index contributed by atoms with van der Waals surface area (Å²) < 4.78 is 1.80. The van der Waals surface area contributed by atoms with Crippen LogP contribution in [-0.2, 0) is 20.1 Å². The Balaban J connectivity index is 0.00000264. The summed E-state index contributed by atoms with van der Waals surface area (Å²) in [5.74, 6) is 0.242. The maximum Gasteiger partial charge on any atom is 0.248 e. The van der Waals surface area contributed by atoms with Gasteiger partial charge in [-0.3, -0.25) is 14.5 Å². The highest BCUT2D eigenvalue weighted by Gasteiger charge is 2.04. The molecule has 0 saturated heterocycles. The van der Waals surface area contributed by atoms with E-state index in [-0.39, 0.29) is 24.0 Å². The zero-order valence-corrected chi connectivity index (χ0v) is 15.4. The Morgan fingerprint density at radius 3 is 2.65 bits per heavy atom. The molecule has 124 valence electrons. The Hall–Kier alpha value is -2.10. The Bertz CT molecular complexity index is 682. The van der Waals surface area contributed by atoms with Gasteiger partial charge in [0.05, 0.1) is 12.2 Å². The average Bonchev–Trinajstić information content (AvgIpc) is 2.93. The predicted octanol–water partition coefficient (Wildman–Crippen LogP) is 1.00. The fourth-order valence-electron chi connectivity index (χ4n) is 1.99. The lowest BCUT2D eigenvalue weighted by atomic mass is 10.1. The van der Waals surface area contributed by atoms with Crippen LogP contribution < -0.4 is 16.4 Å². The van der Waals surface area contributed by atoms with Crippen molar-refractivity contribution in [2.75, 3.05) is 7.05 Å². The number of guanidine groups is 1. The summed E-state index contributed by atoms with van der Waals surface area (Å²) in [5.41, 5.74) is 7.79. The Morgan fingerprint density at radius 1 is 1.30 bits per heavy atom. The smallest absolute Gasteiger partial charge is 0.248 e. The molecule has 1 heterocycles. The summed E-state index contributed by atoms with van der Waals surface area (Å²) in [4.78, 5) is 15.3. The molecule has 2 rings (SSSR count). The van der Waals surface area contributed by atoms with Crippen molar-refractivity contribution in [3.05, 3.63) is 53.3 Å². The molecule has 23 heavy (non-hydrogen) atoms. The first-order chi connectivity index (χ1) is 10.6. The van der Waals surface area contributed by atoms with E-state index < -0.39 is 5.91 Å². The van der Waals surface area contributed by atoms with Crippen molar-refractivity contribution in [3.8, 4) is 0 Å². The molecule has 0 spiro atoms. The minimum absolute atomic E-state index is 0. The number of benzene rings is 1. The van der Waals surface area contributed by atoms with Gasteiger partial charge < -0.3 is 16.4 Å². The number of halogens is 1. The lowest BCUT2D eigenvalue weighted by Gasteiger charge is -2.12. The SMILES string of the molecule is CN=C(NCc1cccc(C(N)=O)c1)NCc1ccnn1C.I. The van der Waals surface area contributed by atoms with Crippen molar-refractivity contribution in [2.45, 2.75) is 13.1 Å². The second-order valence-corrected chi connectivity index (χ2v) is 4.79. The number of primary amides is 1. The summed E-state index contributed by atoms with van der Waals surface area (Å²) >= 11 is 0. The summed E-state index contributed by atoms with van der Waals surface area (Å²) in [5, 5.41) is 10.5. The second kappa shape index (κ2) is 9.13. The van der Waals surface area contributed by atoms with Gasteiger partial charge in [-0.25, -0.2) is 0 Å². The standard InChI is InChI=1S/C15H20N6O.HI/c1-17-15(19-10-13-6-7-20-21(13)2)18-9-11-4-3-5-12(8-11)14(16)22;/h3-8H,9-10H2,1-2H3,(H2,16,22)(H2,17,18,19);1H. The van der Waals surface area contributed by atoms with Crippen molar-refractivity contribution >= 4 is 35.8 Å². The molecule has 0 aliphatic heterocycles. The van der Waals surface area contributed by atoms with Crippen LogP contribution in [0, 0.1) is 0 Å². The topological polar surface area (TPSA) is 97.3 Å². The largest absolute Gasteiger partial charge is 0.366 e. The Morgan fingerprint density at radius 2 is 2.04 bits per heavy atom. The Kier molecular flexibility index (Phi) is 7.52. The summed E-state index contributed by atoms with van der Waals surface area (Å²) in [6.45, 7) is 1.17. The van der Waals surface area contributed by atoms with Gasteiger partial charge in [0, 0.05) is 32.4 Å². The molecular weight excluding hydrogens is 407 g/mol. The summed E-state index contributed by atoms with van der Waals surface area (Å²) in [6, 6.07) is 9.14. The van der Waals surface area contributed by atoms with E-state index in [4.69, 9.17) is 5.73 Å². The molecule has 4 N–H and O–H groups in total. The van der Waals surface area contributed by atoms with Crippen LogP contribution in [-0.4, -0.2) is 28.7 Å². The van der Waals surface area contributed by atoms with E-state index >= 15 is 0 Å². The van der Waals surface area contributed by atoms with E-state index in [0.717, 1.165) is 11.3 Å². The number of carbonyl (C=O) groups is 1. The maximum atomic E-state index is 11.2. The number of amides is 1. The minimum Gasteiger partial charge on any atom is -0.366 e.